The number of hydrogen-bond donors (Lipinski definition) is 2. The van der Waals surface area contributed by atoms with E-state index in [2.05, 4.69) is 24.3 Å². The predicted octanol–water partition coefficient (Wildman–Crippen LogP) is 1.88. The summed E-state index contributed by atoms with van der Waals surface area (Å²) in [6, 6.07) is 0.288. The van der Waals surface area contributed by atoms with Crippen molar-refractivity contribution in [2.24, 2.45) is 11.3 Å². The summed E-state index contributed by atoms with van der Waals surface area (Å²) in [5, 5.41) is 0. The number of aryl methyl sites for hydroxylation is 1. The molecule has 0 aliphatic heterocycles. The molecule has 0 saturated heterocycles. The number of aromatic nitrogens is 1. The Kier molecular flexibility index (Phi) is 3.59. The number of nitrogens with one attached hydrogen (secondary N) is 1. The van der Waals surface area contributed by atoms with Gasteiger partial charge in [-0.15, -0.1) is 0 Å². The average Bonchev–Trinajstić information content (AvgIpc) is 3.08. The Morgan fingerprint density at radius 2 is 2.17 bits per heavy atom. The van der Waals surface area contributed by atoms with Crippen molar-refractivity contribution in [2.75, 3.05) is 7.11 Å². The minimum atomic E-state index is 0.288. The van der Waals surface area contributed by atoms with Crippen molar-refractivity contribution in [1.82, 2.24) is 10.4 Å². The third-order valence-corrected chi connectivity index (χ3v) is 4.23. The molecule has 0 bridgehead atoms. The third-order valence-electron chi connectivity index (χ3n) is 4.23. The molecule has 1 fully saturated rings. The first-order valence-electron chi connectivity index (χ1n) is 6.47. The zero-order valence-electron chi connectivity index (χ0n) is 11.7. The van der Waals surface area contributed by atoms with Crippen LogP contribution in [-0.4, -0.2) is 18.1 Å². The van der Waals surface area contributed by atoms with Gasteiger partial charge in [0, 0.05) is 35.5 Å². The van der Waals surface area contributed by atoms with Crippen LogP contribution in [0.25, 0.3) is 0 Å². The van der Waals surface area contributed by atoms with E-state index in [1.54, 1.807) is 7.11 Å². The lowest BCUT2D eigenvalue weighted by Crippen LogP contribution is -2.42. The highest BCUT2D eigenvalue weighted by molar-refractivity contribution is 5.41. The van der Waals surface area contributed by atoms with Crippen LogP contribution in [-0.2, 0) is 6.42 Å². The Labute approximate surface area is 109 Å². The van der Waals surface area contributed by atoms with Crippen molar-refractivity contribution >= 4 is 0 Å². The first-order valence-corrected chi connectivity index (χ1v) is 6.47. The summed E-state index contributed by atoms with van der Waals surface area (Å²) < 4.78 is 5.44. The fraction of sp³-hybridized carbons (Fsp3) is 0.643. The Morgan fingerprint density at radius 1 is 1.50 bits per heavy atom. The molecule has 4 heteroatoms. The molecule has 1 aromatic rings. The number of hydrogen-bond acceptors (Lipinski definition) is 4. The standard InChI is InChI=1S/C14H23N3O/c1-9-8-16-11(10(2)13(9)18-4)7-12(17-15)14(3)5-6-14/h8,12,17H,5-7,15H2,1-4H3. The molecule has 2 rings (SSSR count). The van der Waals surface area contributed by atoms with E-state index in [4.69, 9.17) is 10.6 Å². The molecular formula is C14H23N3O. The van der Waals surface area contributed by atoms with Crippen molar-refractivity contribution in [1.29, 1.82) is 0 Å². The smallest absolute Gasteiger partial charge is 0.128 e. The highest BCUT2D eigenvalue weighted by Gasteiger charge is 2.44. The van der Waals surface area contributed by atoms with E-state index in [1.165, 1.54) is 12.8 Å². The van der Waals surface area contributed by atoms with E-state index < -0.39 is 0 Å². The molecule has 1 unspecified atom stereocenters. The summed E-state index contributed by atoms with van der Waals surface area (Å²) in [6.07, 6.45) is 5.22. The van der Waals surface area contributed by atoms with Gasteiger partial charge in [0.15, 0.2) is 0 Å². The fourth-order valence-corrected chi connectivity index (χ4v) is 2.52. The van der Waals surface area contributed by atoms with Crippen LogP contribution in [0, 0.1) is 19.3 Å². The topological polar surface area (TPSA) is 60.2 Å². The second kappa shape index (κ2) is 4.86. The number of nitrogens with two attached hydrogens (primary N) is 1. The Morgan fingerprint density at radius 3 is 2.67 bits per heavy atom. The largest absolute Gasteiger partial charge is 0.496 e. The van der Waals surface area contributed by atoms with Gasteiger partial charge in [0.25, 0.3) is 0 Å². The molecule has 1 aliphatic rings. The van der Waals surface area contributed by atoms with Gasteiger partial charge in [-0.2, -0.15) is 0 Å². The van der Waals surface area contributed by atoms with Gasteiger partial charge >= 0.3 is 0 Å². The summed E-state index contributed by atoms with van der Waals surface area (Å²) in [4.78, 5) is 4.54. The number of rotatable bonds is 5. The van der Waals surface area contributed by atoms with Crippen molar-refractivity contribution in [2.45, 2.75) is 46.1 Å². The van der Waals surface area contributed by atoms with E-state index >= 15 is 0 Å². The molecule has 1 heterocycles. The quantitative estimate of drug-likeness (QED) is 0.618. The van der Waals surface area contributed by atoms with Gasteiger partial charge in [-0.1, -0.05) is 6.92 Å². The van der Waals surface area contributed by atoms with Crippen LogP contribution in [0.3, 0.4) is 0 Å². The van der Waals surface area contributed by atoms with E-state index in [0.29, 0.717) is 5.41 Å². The monoisotopic (exact) mass is 249 g/mol. The zero-order valence-corrected chi connectivity index (χ0v) is 11.7. The molecule has 100 valence electrons. The molecule has 1 atom stereocenters. The lowest BCUT2D eigenvalue weighted by Gasteiger charge is -2.23. The summed E-state index contributed by atoms with van der Waals surface area (Å²) in [7, 11) is 1.71. The maximum atomic E-state index is 5.69. The minimum Gasteiger partial charge on any atom is -0.496 e. The molecule has 1 saturated carbocycles. The highest BCUT2D eigenvalue weighted by Crippen LogP contribution is 2.48. The van der Waals surface area contributed by atoms with Gasteiger partial charge in [-0.3, -0.25) is 16.3 Å². The summed E-state index contributed by atoms with van der Waals surface area (Å²) in [5.41, 5.74) is 6.57. The zero-order chi connectivity index (χ0) is 13.3. The molecule has 0 radical (unpaired) electrons. The van der Waals surface area contributed by atoms with E-state index in [0.717, 1.165) is 29.0 Å². The molecule has 18 heavy (non-hydrogen) atoms. The minimum absolute atomic E-state index is 0.288. The molecule has 3 N–H and O–H groups in total. The Hall–Kier alpha value is -1.13. The first kappa shape index (κ1) is 13.3. The fourth-order valence-electron chi connectivity index (χ4n) is 2.52. The third kappa shape index (κ3) is 2.35. The van der Waals surface area contributed by atoms with Crippen molar-refractivity contribution in [3.05, 3.63) is 23.0 Å². The Balaban J connectivity index is 2.23. The van der Waals surface area contributed by atoms with Gasteiger partial charge in [-0.05, 0) is 32.1 Å². The molecule has 4 nitrogen and oxygen atoms in total. The normalized spacial score (nSPS) is 18.5. The maximum absolute atomic E-state index is 5.69. The van der Waals surface area contributed by atoms with E-state index in [-0.39, 0.29) is 6.04 Å². The lowest BCUT2D eigenvalue weighted by atomic mass is 9.93. The number of methoxy groups -OCH3 is 1. The highest BCUT2D eigenvalue weighted by atomic mass is 16.5. The van der Waals surface area contributed by atoms with Gasteiger partial charge in [0.1, 0.15) is 5.75 Å². The van der Waals surface area contributed by atoms with Crippen LogP contribution in [0.1, 0.15) is 36.6 Å². The molecule has 0 amide bonds. The maximum Gasteiger partial charge on any atom is 0.128 e. The summed E-state index contributed by atoms with van der Waals surface area (Å²) in [6.45, 7) is 6.36. The summed E-state index contributed by atoms with van der Waals surface area (Å²) >= 11 is 0. The van der Waals surface area contributed by atoms with Gasteiger partial charge in [-0.25, -0.2) is 0 Å². The van der Waals surface area contributed by atoms with Crippen molar-refractivity contribution in [3.8, 4) is 5.75 Å². The van der Waals surface area contributed by atoms with Crippen LogP contribution in [0.4, 0.5) is 0 Å². The molecule has 0 aromatic carbocycles. The van der Waals surface area contributed by atoms with Crippen molar-refractivity contribution in [3.63, 3.8) is 0 Å². The first-order chi connectivity index (χ1) is 8.51. The molecule has 1 aromatic heterocycles. The number of pyridine rings is 1. The second-order valence-corrected chi connectivity index (χ2v) is 5.62. The SMILES string of the molecule is COc1c(C)cnc(CC(NN)C2(C)CC2)c1C. The molecule has 1 aliphatic carbocycles. The summed E-state index contributed by atoms with van der Waals surface area (Å²) in [5.74, 6) is 6.63. The predicted molar refractivity (Wildman–Crippen MR) is 72.4 cm³/mol. The lowest BCUT2D eigenvalue weighted by molar-refractivity contribution is 0.354. The Bertz CT molecular complexity index is 441. The average molecular weight is 249 g/mol. The molecule has 0 spiro atoms. The van der Waals surface area contributed by atoms with Gasteiger partial charge in [0.2, 0.25) is 0 Å². The van der Waals surface area contributed by atoms with Crippen LogP contribution in [0.5, 0.6) is 5.75 Å². The van der Waals surface area contributed by atoms with Crippen LogP contribution in [0.15, 0.2) is 6.20 Å². The number of hydrazine groups is 1. The van der Waals surface area contributed by atoms with Crippen LogP contribution in [0.2, 0.25) is 0 Å². The van der Waals surface area contributed by atoms with Crippen LogP contribution < -0.4 is 16.0 Å². The van der Waals surface area contributed by atoms with E-state index in [9.17, 15) is 0 Å². The van der Waals surface area contributed by atoms with Gasteiger partial charge in [0.05, 0.1) is 7.11 Å². The van der Waals surface area contributed by atoms with Crippen LogP contribution >= 0.6 is 0 Å². The molecular weight excluding hydrogens is 226 g/mol. The van der Waals surface area contributed by atoms with Crippen molar-refractivity contribution < 1.29 is 4.74 Å². The number of ether oxygens (including phenoxy) is 1. The number of nitrogens with zero attached hydrogens (tertiary/aromatic N) is 1. The van der Waals surface area contributed by atoms with Gasteiger partial charge < -0.3 is 4.74 Å². The second-order valence-electron chi connectivity index (χ2n) is 5.62. The van der Waals surface area contributed by atoms with E-state index in [1.807, 2.05) is 13.1 Å².